The van der Waals surface area contributed by atoms with Gasteiger partial charge >= 0.3 is 12.0 Å². The minimum absolute atomic E-state index is 0.446. The van der Waals surface area contributed by atoms with E-state index in [1.807, 2.05) is 11.9 Å². The van der Waals surface area contributed by atoms with Crippen LogP contribution in [0.15, 0.2) is 0 Å². The standard InChI is InChI=1S/C11H23N3O4/c1-11(2,9(15)16)13-10(17)12-5-6-14(3)7-8-18-4/h5-8H2,1-4H3,(H,15,16)(H2,12,13,17). The lowest BCUT2D eigenvalue weighted by atomic mass is 10.1. The molecule has 7 heteroatoms. The van der Waals surface area contributed by atoms with Crippen LogP contribution in [0.2, 0.25) is 0 Å². The molecule has 0 fully saturated rings. The zero-order valence-electron chi connectivity index (χ0n) is 11.4. The van der Waals surface area contributed by atoms with Crippen LogP contribution in [0.1, 0.15) is 13.8 Å². The maximum absolute atomic E-state index is 11.4. The van der Waals surface area contributed by atoms with Crippen molar-refractivity contribution in [2.75, 3.05) is 40.4 Å². The summed E-state index contributed by atoms with van der Waals surface area (Å²) in [5.41, 5.74) is -1.27. The van der Waals surface area contributed by atoms with Gasteiger partial charge in [0, 0.05) is 26.7 Å². The average Bonchev–Trinajstić information content (AvgIpc) is 2.25. The van der Waals surface area contributed by atoms with Crippen molar-refractivity contribution in [3.8, 4) is 0 Å². The largest absolute Gasteiger partial charge is 0.480 e. The quantitative estimate of drug-likeness (QED) is 0.559. The molecule has 0 aliphatic heterocycles. The normalized spacial score (nSPS) is 11.4. The zero-order chi connectivity index (χ0) is 14.2. The van der Waals surface area contributed by atoms with E-state index in [1.54, 1.807) is 7.11 Å². The maximum Gasteiger partial charge on any atom is 0.328 e. The summed E-state index contributed by atoms with van der Waals surface area (Å²) >= 11 is 0. The van der Waals surface area contributed by atoms with Crippen LogP contribution >= 0.6 is 0 Å². The predicted molar refractivity (Wildman–Crippen MR) is 67.6 cm³/mol. The molecule has 0 bridgehead atoms. The first-order valence-corrected chi connectivity index (χ1v) is 5.76. The number of methoxy groups -OCH3 is 1. The Morgan fingerprint density at radius 2 is 1.94 bits per heavy atom. The summed E-state index contributed by atoms with van der Waals surface area (Å²) in [6.07, 6.45) is 0. The Hall–Kier alpha value is -1.34. The van der Waals surface area contributed by atoms with Gasteiger partial charge in [0.25, 0.3) is 0 Å². The number of carbonyl (C=O) groups excluding carboxylic acids is 1. The fourth-order valence-corrected chi connectivity index (χ4v) is 1.10. The van der Waals surface area contributed by atoms with E-state index in [2.05, 4.69) is 10.6 Å². The Bertz CT molecular complexity index is 281. The number of ether oxygens (including phenoxy) is 1. The molecule has 0 aromatic carbocycles. The summed E-state index contributed by atoms with van der Waals surface area (Å²) in [7, 11) is 3.55. The second-order valence-electron chi connectivity index (χ2n) is 4.61. The zero-order valence-corrected chi connectivity index (χ0v) is 11.4. The number of carboxylic acid groups (broad SMARTS) is 1. The first-order chi connectivity index (χ1) is 8.29. The second kappa shape index (κ2) is 7.88. The van der Waals surface area contributed by atoms with Crippen LogP contribution in [0.5, 0.6) is 0 Å². The van der Waals surface area contributed by atoms with Gasteiger partial charge < -0.3 is 25.4 Å². The molecule has 2 amide bonds. The number of carbonyl (C=O) groups is 2. The number of hydrogen-bond donors (Lipinski definition) is 3. The minimum Gasteiger partial charge on any atom is -0.480 e. The highest BCUT2D eigenvalue weighted by atomic mass is 16.5. The summed E-state index contributed by atoms with van der Waals surface area (Å²) in [6.45, 7) is 5.39. The fraction of sp³-hybridized carbons (Fsp3) is 0.818. The number of aliphatic carboxylic acids is 1. The number of nitrogens with zero attached hydrogens (tertiary/aromatic N) is 1. The van der Waals surface area contributed by atoms with Crippen LogP contribution in [0, 0.1) is 0 Å². The van der Waals surface area contributed by atoms with Crippen LogP contribution in [0.25, 0.3) is 0 Å². The fourth-order valence-electron chi connectivity index (χ4n) is 1.10. The molecule has 0 aliphatic rings. The molecule has 0 rings (SSSR count). The molecule has 3 N–H and O–H groups in total. The summed E-state index contributed by atoms with van der Waals surface area (Å²) in [5, 5.41) is 13.8. The van der Waals surface area contributed by atoms with E-state index in [0.717, 1.165) is 6.54 Å². The van der Waals surface area contributed by atoms with Crippen molar-refractivity contribution in [1.29, 1.82) is 0 Å². The first-order valence-electron chi connectivity index (χ1n) is 5.76. The molecule has 0 aromatic rings. The molecule has 0 atom stereocenters. The van der Waals surface area contributed by atoms with Crippen LogP contribution < -0.4 is 10.6 Å². The molecule has 0 saturated carbocycles. The van der Waals surface area contributed by atoms with Crippen LogP contribution in [-0.4, -0.2) is 67.9 Å². The van der Waals surface area contributed by atoms with Crippen molar-refractivity contribution in [2.24, 2.45) is 0 Å². The van der Waals surface area contributed by atoms with Gasteiger partial charge in [-0.3, -0.25) is 0 Å². The third-order valence-corrected chi connectivity index (χ3v) is 2.42. The second-order valence-corrected chi connectivity index (χ2v) is 4.61. The molecular formula is C11H23N3O4. The summed E-state index contributed by atoms with van der Waals surface area (Å²) in [6, 6.07) is -0.484. The number of rotatable bonds is 8. The summed E-state index contributed by atoms with van der Waals surface area (Å²) < 4.78 is 4.93. The SMILES string of the molecule is COCCN(C)CCNC(=O)NC(C)(C)C(=O)O. The van der Waals surface area contributed by atoms with Gasteiger partial charge in [-0.2, -0.15) is 0 Å². The number of carboxylic acids is 1. The van der Waals surface area contributed by atoms with E-state index in [4.69, 9.17) is 9.84 Å². The summed E-state index contributed by atoms with van der Waals surface area (Å²) in [5.74, 6) is -1.07. The number of hydrogen-bond acceptors (Lipinski definition) is 4. The molecule has 0 unspecified atom stereocenters. The van der Waals surface area contributed by atoms with Crippen molar-refractivity contribution in [3.63, 3.8) is 0 Å². The molecule has 0 aliphatic carbocycles. The molecule has 0 aromatic heterocycles. The highest BCUT2D eigenvalue weighted by Gasteiger charge is 2.28. The van der Waals surface area contributed by atoms with Gasteiger partial charge in [0.2, 0.25) is 0 Å². The molecule has 18 heavy (non-hydrogen) atoms. The summed E-state index contributed by atoms with van der Waals surface area (Å²) in [4.78, 5) is 24.2. The molecule has 106 valence electrons. The van der Waals surface area contributed by atoms with Crippen molar-refractivity contribution in [3.05, 3.63) is 0 Å². The smallest absolute Gasteiger partial charge is 0.328 e. The molecule has 7 nitrogen and oxygen atoms in total. The van der Waals surface area contributed by atoms with Crippen LogP contribution in [0.4, 0.5) is 4.79 Å². The molecule has 0 spiro atoms. The van der Waals surface area contributed by atoms with Gasteiger partial charge in [0.15, 0.2) is 0 Å². The van der Waals surface area contributed by atoms with Crippen LogP contribution in [-0.2, 0) is 9.53 Å². The molecule has 0 radical (unpaired) electrons. The number of amides is 2. The lowest BCUT2D eigenvalue weighted by Gasteiger charge is -2.22. The average molecular weight is 261 g/mol. The third-order valence-electron chi connectivity index (χ3n) is 2.42. The van der Waals surface area contributed by atoms with Gasteiger partial charge in [0.05, 0.1) is 6.61 Å². The lowest BCUT2D eigenvalue weighted by molar-refractivity contribution is -0.142. The Balaban J connectivity index is 3.81. The highest BCUT2D eigenvalue weighted by Crippen LogP contribution is 2.00. The Kier molecular flexibility index (Phi) is 7.30. The third kappa shape index (κ3) is 7.08. The molecular weight excluding hydrogens is 238 g/mol. The van der Waals surface area contributed by atoms with E-state index in [1.165, 1.54) is 13.8 Å². The van der Waals surface area contributed by atoms with Gasteiger partial charge in [-0.1, -0.05) is 0 Å². The van der Waals surface area contributed by atoms with Gasteiger partial charge in [-0.05, 0) is 20.9 Å². The highest BCUT2D eigenvalue weighted by molar-refractivity contribution is 5.85. The minimum atomic E-state index is -1.27. The Morgan fingerprint density at radius 3 is 2.44 bits per heavy atom. The van der Waals surface area contributed by atoms with Crippen molar-refractivity contribution in [1.82, 2.24) is 15.5 Å². The van der Waals surface area contributed by atoms with Gasteiger partial charge in [0.1, 0.15) is 5.54 Å². The van der Waals surface area contributed by atoms with E-state index < -0.39 is 17.5 Å². The topological polar surface area (TPSA) is 90.9 Å². The van der Waals surface area contributed by atoms with E-state index in [0.29, 0.717) is 19.7 Å². The molecule has 0 heterocycles. The maximum atomic E-state index is 11.4. The predicted octanol–water partition coefficient (Wildman–Crippen LogP) is -0.273. The first kappa shape index (κ1) is 16.7. The number of urea groups is 1. The van der Waals surface area contributed by atoms with Crippen molar-refractivity contribution < 1.29 is 19.4 Å². The van der Waals surface area contributed by atoms with Gasteiger partial charge in [-0.25, -0.2) is 9.59 Å². The van der Waals surface area contributed by atoms with Crippen molar-refractivity contribution >= 4 is 12.0 Å². The van der Waals surface area contributed by atoms with Crippen molar-refractivity contribution in [2.45, 2.75) is 19.4 Å². The Morgan fingerprint density at radius 1 is 1.33 bits per heavy atom. The monoisotopic (exact) mass is 261 g/mol. The van der Waals surface area contributed by atoms with E-state index >= 15 is 0 Å². The van der Waals surface area contributed by atoms with Gasteiger partial charge in [-0.15, -0.1) is 0 Å². The number of likely N-dealkylation sites (N-methyl/N-ethyl adjacent to an activating group) is 1. The van der Waals surface area contributed by atoms with Crippen LogP contribution in [0.3, 0.4) is 0 Å². The van der Waals surface area contributed by atoms with E-state index in [-0.39, 0.29) is 0 Å². The number of nitrogens with one attached hydrogen (secondary N) is 2. The van der Waals surface area contributed by atoms with E-state index in [9.17, 15) is 9.59 Å². The Labute approximate surface area is 107 Å². The lowest BCUT2D eigenvalue weighted by Crippen LogP contribution is -2.53. The molecule has 0 saturated heterocycles.